The van der Waals surface area contributed by atoms with E-state index in [1.807, 2.05) is 26.2 Å². The number of carbonyl (C=O) groups is 2. The van der Waals surface area contributed by atoms with E-state index in [1.54, 1.807) is 36.4 Å². The van der Waals surface area contributed by atoms with Crippen LogP contribution in [-0.4, -0.2) is 57.5 Å². The molecule has 1 heterocycles. The summed E-state index contributed by atoms with van der Waals surface area (Å²) in [7, 11) is 5.60. The molecule has 1 amide bonds. The number of ether oxygens (including phenoxy) is 2. The average molecular weight is 467 g/mol. The number of hydrogen-bond donors (Lipinski definition) is 1. The number of amides is 1. The van der Waals surface area contributed by atoms with Crippen LogP contribution in [-0.2, 0) is 9.59 Å². The molecule has 0 saturated carbocycles. The van der Waals surface area contributed by atoms with Crippen molar-refractivity contribution in [3.05, 3.63) is 65.2 Å². The standard InChI is InChI=1S/C27H34N2O5/c1-18(2)17-34-20-13-11-19(12-14-20)25(30)23-24(21-9-6-7-10-22(21)33-5)29(27(32)26(23)31)16-8-15-28(3)4/h6-7,9-14,18,24,30H,8,15-17H2,1-5H3/b25-23+. The predicted molar refractivity (Wildman–Crippen MR) is 128 cm³/mol. The van der Waals surface area contributed by atoms with E-state index in [2.05, 4.69) is 13.8 Å². The second-order valence-electron chi connectivity index (χ2n) is 9.25. The Morgan fingerprint density at radius 2 is 1.76 bits per heavy atom. The SMILES string of the molecule is COc1ccccc1C1/C(=C(\[O-])c2ccc(OCC(C)C)cc2)C(=O)C(=O)N1CCC[NH+](C)C. The van der Waals surface area contributed by atoms with Crippen LogP contribution in [0.15, 0.2) is 54.1 Å². The summed E-state index contributed by atoms with van der Waals surface area (Å²) in [6.45, 7) is 5.88. The molecule has 1 unspecified atom stereocenters. The van der Waals surface area contributed by atoms with Gasteiger partial charge in [-0.2, -0.15) is 0 Å². The summed E-state index contributed by atoms with van der Waals surface area (Å²) in [4.78, 5) is 28.9. The minimum absolute atomic E-state index is 0.0393. The van der Waals surface area contributed by atoms with Crippen LogP contribution in [0.3, 0.4) is 0 Å². The van der Waals surface area contributed by atoms with Crippen LogP contribution in [0.2, 0.25) is 0 Å². The third-order valence-electron chi connectivity index (χ3n) is 5.74. The summed E-state index contributed by atoms with van der Waals surface area (Å²) in [5.41, 5.74) is 0.928. The molecule has 3 rings (SSSR count). The fourth-order valence-corrected chi connectivity index (χ4v) is 4.04. The van der Waals surface area contributed by atoms with Crippen molar-refractivity contribution >= 4 is 17.4 Å². The van der Waals surface area contributed by atoms with Gasteiger partial charge in [-0.3, -0.25) is 9.59 Å². The van der Waals surface area contributed by atoms with Gasteiger partial charge in [0.2, 0.25) is 5.78 Å². The van der Waals surface area contributed by atoms with Gasteiger partial charge < -0.3 is 24.4 Å². The average Bonchev–Trinajstić information content (AvgIpc) is 3.07. The Hall–Kier alpha value is -3.32. The lowest BCUT2D eigenvalue weighted by molar-refractivity contribution is -0.858. The highest BCUT2D eigenvalue weighted by Crippen LogP contribution is 2.42. The summed E-state index contributed by atoms with van der Waals surface area (Å²) in [5.74, 6) is -0.298. The minimum atomic E-state index is -0.794. The van der Waals surface area contributed by atoms with Crippen LogP contribution < -0.4 is 19.5 Å². The Bertz CT molecular complexity index is 1040. The van der Waals surface area contributed by atoms with E-state index < -0.39 is 23.5 Å². The number of para-hydroxylation sites is 1. The summed E-state index contributed by atoms with van der Waals surface area (Å²) < 4.78 is 11.2. The van der Waals surface area contributed by atoms with E-state index in [0.29, 0.717) is 48.1 Å². The lowest BCUT2D eigenvalue weighted by Gasteiger charge is -2.28. The fraction of sp³-hybridized carbons (Fsp3) is 0.407. The number of Topliss-reactive ketones (excluding diaryl/α,β-unsaturated/α-hetero) is 1. The maximum Gasteiger partial charge on any atom is 0.295 e. The number of methoxy groups -OCH3 is 1. The van der Waals surface area contributed by atoms with Crippen molar-refractivity contribution in [2.45, 2.75) is 26.3 Å². The van der Waals surface area contributed by atoms with Gasteiger partial charge in [-0.1, -0.05) is 49.9 Å². The van der Waals surface area contributed by atoms with E-state index in [9.17, 15) is 14.7 Å². The first-order chi connectivity index (χ1) is 16.2. The Balaban J connectivity index is 2.04. The zero-order valence-electron chi connectivity index (χ0n) is 20.6. The van der Waals surface area contributed by atoms with E-state index in [1.165, 1.54) is 16.9 Å². The minimum Gasteiger partial charge on any atom is -0.872 e. The first-order valence-electron chi connectivity index (χ1n) is 11.7. The number of ketones is 1. The van der Waals surface area contributed by atoms with E-state index in [4.69, 9.17) is 9.47 Å². The molecule has 2 aromatic carbocycles. The third kappa shape index (κ3) is 5.59. The van der Waals surface area contributed by atoms with Gasteiger partial charge >= 0.3 is 0 Å². The Labute approximate surface area is 201 Å². The van der Waals surface area contributed by atoms with Crippen molar-refractivity contribution in [1.29, 1.82) is 0 Å². The molecule has 1 saturated heterocycles. The summed E-state index contributed by atoms with van der Waals surface area (Å²) >= 11 is 0. The van der Waals surface area contributed by atoms with Crippen molar-refractivity contribution in [2.24, 2.45) is 5.92 Å². The maximum absolute atomic E-state index is 13.6. The van der Waals surface area contributed by atoms with Crippen LogP contribution in [0.25, 0.3) is 5.76 Å². The van der Waals surface area contributed by atoms with Gasteiger partial charge in [-0.25, -0.2) is 0 Å². The number of carbonyl (C=O) groups excluding carboxylic acids is 2. The van der Waals surface area contributed by atoms with Crippen LogP contribution in [0.5, 0.6) is 11.5 Å². The molecule has 7 nitrogen and oxygen atoms in total. The molecule has 7 heteroatoms. The summed E-state index contributed by atoms with van der Waals surface area (Å²) in [6, 6.07) is 13.1. The van der Waals surface area contributed by atoms with Crippen molar-refractivity contribution in [2.75, 3.05) is 40.9 Å². The highest BCUT2D eigenvalue weighted by atomic mass is 16.5. The van der Waals surface area contributed by atoms with E-state index >= 15 is 0 Å². The first-order valence-corrected chi connectivity index (χ1v) is 11.7. The smallest absolute Gasteiger partial charge is 0.295 e. The molecule has 1 aliphatic rings. The van der Waals surface area contributed by atoms with Gasteiger partial charge in [0.05, 0.1) is 40.4 Å². The van der Waals surface area contributed by atoms with Crippen molar-refractivity contribution < 1.29 is 29.1 Å². The number of likely N-dealkylation sites (tertiary alicyclic amines) is 1. The van der Waals surface area contributed by atoms with E-state index in [-0.39, 0.29) is 5.57 Å². The molecule has 0 bridgehead atoms. The third-order valence-corrected chi connectivity index (χ3v) is 5.74. The summed E-state index contributed by atoms with van der Waals surface area (Å²) in [6.07, 6.45) is 0.705. The van der Waals surface area contributed by atoms with Gasteiger partial charge in [0.15, 0.2) is 0 Å². The topological polar surface area (TPSA) is 83.3 Å². The highest BCUT2D eigenvalue weighted by Gasteiger charge is 2.44. The fourth-order valence-electron chi connectivity index (χ4n) is 4.04. The zero-order chi connectivity index (χ0) is 24.8. The number of quaternary nitrogens is 1. The van der Waals surface area contributed by atoms with Crippen LogP contribution in [0.4, 0.5) is 0 Å². The number of rotatable bonds is 10. The Morgan fingerprint density at radius 1 is 1.09 bits per heavy atom. The van der Waals surface area contributed by atoms with Crippen molar-refractivity contribution in [1.82, 2.24) is 4.90 Å². The normalized spacial score (nSPS) is 17.6. The maximum atomic E-state index is 13.6. The molecule has 0 spiro atoms. The lowest BCUT2D eigenvalue weighted by atomic mass is 9.94. The molecule has 1 N–H and O–H groups in total. The van der Waals surface area contributed by atoms with Gasteiger partial charge in [0.1, 0.15) is 11.5 Å². The van der Waals surface area contributed by atoms with Crippen molar-refractivity contribution in [3.63, 3.8) is 0 Å². The quantitative estimate of drug-likeness (QED) is 0.326. The molecule has 1 aliphatic heterocycles. The van der Waals surface area contributed by atoms with Crippen molar-refractivity contribution in [3.8, 4) is 11.5 Å². The molecule has 0 radical (unpaired) electrons. The van der Waals surface area contributed by atoms with Crippen LogP contribution in [0.1, 0.15) is 37.4 Å². The first kappa shape index (κ1) is 25.3. The second-order valence-corrected chi connectivity index (χ2v) is 9.25. The Morgan fingerprint density at radius 3 is 2.38 bits per heavy atom. The van der Waals surface area contributed by atoms with Gasteiger partial charge in [-0.15, -0.1) is 0 Å². The Kier molecular flexibility index (Phi) is 8.34. The highest BCUT2D eigenvalue weighted by molar-refractivity contribution is 6.46. The number of hydrogen-bond acceptors (Lipinski definition) is 5. The monoisotopic (exact) mass is 466 g/mol. The molecule has 0 aliphatic carbocycles. The predicted octanol–water partition coefficient (Wildman–Crippen LogP) is 1.49. The van der Waals surface area contributed by atoms with E-state index in [0.717, 1.165) is 6.54 Å². The molecule has 1 atom stereocenters. The number of nitrogens with zero attached hydrogens (tertiary/aromatic N) is 1. The van der Waals surface area contributed by atoms with Crippen LogP contribution in [0, 0.1) is 5.92 Å². The lowest BCUT2D eigenvalue weighted by Crippen LogP contribution is -3.05. The molecular formula is C27H34N2O5. The zero-order valence-corrected chi connectivity index (χ0v) is 20.6. The molecule has 1 fully saturated rings. The molecule has 2 aromatic rings. The largest absolute Gasteiger partial charge is 0.872 e. The summed E-state index contributed by atoms with van der Waals surface area (Å²) in [5, 5.41) is 13.6. The molecular weight excluding hydrogens is 432 g/mol. The van der Waals surface area contributed by atoms with Gasteiger partial charge in [-0.05, 0) is 29.7 Å². The number of benzene rings is 2. The van der Waals surface area contributed by atoms with Gasteiger partial charge in [0, 0.05) is 24.1 Å². The van der Waals surface area contributed by atoms with Crippen LogP contribution >= 0.6 is 0 Å². The molecule has 182 valence electrons. The number of nitrogens with one attached hydrogen (secondary N) is 1. The molecule has 0 aromatic heterocycles. The molecule has 34 heavy (non-hydrogen) atoms. The van der Waals surface area contributed by atoms with Gasteiger partial charge in [0.25, 0.3) is 5.91 Å². The second kappa shape index (κ2) is 11.2.